The Kier molecular flexibility index (Phi) is 5.16. The molecular formula is C20H23ClF3NO3Si. The molecule has 1 aromatic carbocycles. The van der Waals surface area contributed by atoms with Crippen molar-refractivity contribution < 1.29 is 27.1 Å². The summed E-state index contributed by atoms with van der Waals surface area (Å²) in [6.45, 7) is 9.90. The Bertz CT molecular complexity index is 911. The standard InChI is InChI=1S/C20H23ClF3NO3Si/c1-18(2,3)29(4,5)28-15-11-13(21)10-14-16(15)25-17(26)27-19(14,20(22,23)24)9-8-12-6-7-12/h10-12H,6-7H2,1-5H3,(H,25,26)/t19-/m0/s1. The number of carbonyl (C=O) groups excluding carboxylic acids is 1. The molecule has 158 valence electrons. The van der Waals surface area contributed by atoms with Crippen LogP contribution in [0.25, 0.3) is 0 Å². The number of fused-ring (bicyclic) bond motifs is 1. The van der Waals surface area contributed by atoms with Gasteiger partial charge in [0.05, 0.1) is 5.69 Å². The highest BCUT2D eigenvalue weighted by atomic mass is 35.5. The molecule has 0 radical (unpaired) electrons. The predicted octanol–water partition coefficient (Wildman–Crippen LogP) is 6.46. The van der Waals surface area contributed by atoms with Crippen LogP contribution in [0, 0.1) is 17.8 Å². The van der Waals surface area contributed by atoms with Crippen LogP contribution in [0.15, 0.2) is 12.1 Å². The summed E-state index contributed by atoms with van der Waals surface area (Å²) in [4.78, 5) is 12.2. The molecule has 0 aromatic heterocycles. The number of ether oxygens (including phenoxy) is 1. The molecule has 4 nitrogen and oxygen atoms in total. The van der Waals surface area contributed by atoms with Crippen molar-refractivity contribution in [1.82, 2.24) is 0 Å². The van der Waals surface area contributed by atoms with Gasteiger partial charge in [-0.1, -0.05) is 38.3 Å². The van der Waals surface area contributed by atoms with Gasteiger partial charge in [0, 0.05) is 16.5 Å². The number of rotatable bonds is 2. The van der Waals surface area contributed by atoms with Crippen LogP contribution in [0.5, 0.6) is 5.75 Å². The van der Waals surface area contributed by atoms with Crippen molar-refractivity contribution in [3.05, 3.63) is 22.7 Å². The molecule has 0 spiro atoms. The summed E-state index contributed by atoms with van der Waals surface area (Å²) >= 11 is 6.17. The molecule has 1 saturated carbocycles. The fraction of sp³-hybridized carbons (Fsp3) is 0.550. The Morgan fingerprint density at radius 1 is 1.28 bits per heavy atom. The summed E-state index contributed by atoms with van der Waals surface area (Å²) in [6, 6.07) is 2.55. The first-order chi connectivity index (χ1) is 13.2. The third kappa shape index (κ3) is 4.08. The predicted molar refractivity (Wildman–Crippen MR) is 108 cm³/mol. The van der Waals surface area contributed by atoms with E-state index in [-0.39, 0.29) is 33.0 Å². The fourth-order valence-electron chi connectivity index (χ4n) is 2.62. The summed E-state index contributed by atoms with van der Waals surface area (Å²) < 4.78 is 53.7. The average molecular weight is 446 g/mol. The lowest BCUT2D eigenvalue weighted by molar-refractivity contribution is -0.239. The summed E-state index contributed by atoms with van der Waals surface area (Å²) in [5, 5.41) is 2.19. The first-order valence-corrected chi connectivity index (χ1v) is 12.6. The molecule has 1 atom stereocenters. The first-order valence-electron chi connectivity index (χ1n) is 9.29. The lowest BCUT2D eigenvalue weighted by Crippen LogP contribution is -2.50. The molecule has 2 aliphatic rings. The Labute approximate surface area is 174 Å². The van der Waals surface area contributed by atoms with E-state index in [1.165, 1.54) is 6.07 Å². The number of carbonyl (C=O) groups is 1. The Hall–Kier alpha value is -1.85. The molecule has 0 bridgehead atoms. The molecule has 1 N–H and O–H groups in total. The highest BCUT2D eigenvalue weighted by Gasteiger charge is 2.62. The molecule has 1 aliphatic heterocycles. The smallest absolute Gasteiger partial charge is 0.445 e. The summed E-state index contributed by atoms with van der Waals surface area (Å²) in [5.74, 6) is 4.78. The Morgan fingerprint density at radius 2 is 1.90 bits per heavy atom. The number of hydrogen-bond donors (Lipinski definition) is 1. The molecule has 29 heavy (non-hydrogen) atoms. The maximum Gasteiger partial charge on any atom is 0.445 e. The molecule has 3 rings (SSSR count). The third-order valence-corrected chi connectivity index (χ3v) is 10.1. The number of hydrogen-bond acceptors (Lipinski definition) is 3. The molecule has 9 heteroatoms. The maximum absolute atomic E-state index is 14.2. The zero-order valence-corrected chi connectivity index (χ0v) is 18.6. The van der Waals surface area contributed by atoms with Crippen molar-refractivity contribution >= 4 is 31.7 Å². The first kappa shape index (κ1) is 21.8. The van der Waals surface area contributed by atoms with Crippen molar-refractivity contribution in [1.29, 1.82) is 0 Å². The molecule has 1 aromatic rings. The van der Waals surface area contributed by atoms with Gasteiger partial charge in [-0.05, 0) is 49.0 Å². The Balaban J connectivity index is 2.22. The molecule has 0 saturated heterocycles. The third-order valence-electron chi connectivity index (χ3n) is 5.52. The average Bonchev–Trinajstić information content (AvgIpc) is 3.35. The topological polar surface area (TPSA) is 47.6 Å². The number of nitrogens with one attached hydrogen (secondary N) is 1. The van der Waals surface area contributed by atoms with E-state index in [1.807, 2.05) is 33.9 Å². The van der Waals surface area contributed by atoms with Gasteiger partial charge in [-0.25, -0.2) is 4.79 Å². The van der Waals surface area contributed by atoms with E-state index in [1.54, 1.807) is 0 Å². The minimum atomic E-state index is -4.96. The number of alkyl halides is 3. The zero-order valence-electron chi connectivity index (χ0n) is 16.9. The maximum atomic E-state index is 14.2. The van der Waals surface area contributed by atoms with Gasteiger partial charge in [-0.2, -0.15) is 13.2 Å². The monoisotopic (exact) mass is 445 g/mol. The Morgan fingerprint density at radius 3 is 2.41 bits per heavy atom. The van der Waals surface area contributed by atoms with E-state index in [0.29, 0.717) is 0 Å². The number of halogens is 4. The van der Waals surface area contributed by atoms with Gasteiger partial charge in [0.25, 0.3) is 13.9 Å². The second-order valence-electron chi connectivity index (χ2n) is 8.93. The van der Waals surface area contributed by atoms with Crippen LogP contribution in [0.3, 0.4) is 0 Å². The van der Waals surface area contributed by atoms with E-state index < -0.39 is 26.2 Å². The number of benzene rings is 1. The van der Waals surface area contributed by atoms with Gasteiger partial charge in [0.1, 0.15) is 5.75 Å². The summed E-state index contributed by atoms with van der Waals surface area (Å²) in [7, 11) is -2.44. The van der Waals surface area contributed by atoms with Gasteiger partial charge in [-0.3, -0.25) is 5.32 Å². The highest BCUT2D eigenvalue weighted by molar-refractivity contribution is 6.74. The van der Waals surface area contributed by atoms with Crippen molar-refractivity contribution in [2.24, 2.45) is 5.92 Å². The van der Waals surface area contributed by atoms with Crippen LogP contribution in [0.1, 0.15) is 39.2 Å². The molecular weight excluding hydrogens is 423 g/mol. The van der Waals surface area contributed by atoms with E-state index in [4.69, 9.17) is 20.8 Å². The molecule has 1 amide bonds. The quantitative estimate of drug-likeness (QED) is 0.420. The fourth-order valence-corrected chi connectivity index (χ4v) is 3.85. The summed E-state index contributed by atoms with van der Waals surface area (Å²) in [6.07, 6.45) is -4.73. The molecule has 1 fully saturated rings. The highest BCUT2D eigenvalue weighted by Crippen LogP contribution is 2.52. The number of amides is 1. The van der Waals surface area contributed by atoms with E-state index in [2.05, 4.69) is 17.2 Å². The van der Waals surface area contributed by atoms with Crippen LogP contribution < -0.4 is 9.74 Å². The second kappa shape index (κ2) is 6.85. The van der Waals surface area contributed by atoms with Crippen LogP contribution in [0.4, 0.5) is 23.7 Å². The van der Waals surface area contributed by atoms with Crippen molar-refractivity contribution in [2.75, 3.05) is 5.32 Å². The van der Waals surface area contributed by atoms with E-state index >= 15 is 0 Å². The van der Waals surface area contributed by atoms with Crippen LogP contribution >= 0.6 is 11.6 Å². The molecule has 1 aliphatic carbocycles. The van der Waals surface area contributed by atoms with Crippen molar-refractivity contribution in [3.8, 4) is 17.6 Å². The lowest BCUT2D eigenvalue weighted by Gasteiger charge is -2.40. The van der Waals surface area contributed by atoms with Gasteiger partial charge in [0.2, 0.25) is 0 Å². The lowest BCUT2D eigenvalue weighted by atomic mass is 9.90. The van der Waals surface area contributed by atoms with Crippen LogP contribution in [0.2, 0.25) is 23.2 Å². The number of anilines is 1. The van der Waals surface area contributed by atoms with Crippen molar-refractivity contribution in [3.63, 3.8) is 0 Å². The van der Waals surface area contributed by atoms with E-state index in [9.17, 15) is 18.0 Å². The summed E-state index contributed by atoms with van der Waals surface area (Å²) in [5.41, 5.74) is -3.55. The van der Waals surface area contributed by atoms with Gasteiger partial charge in [-0.15, -0.1) is 0 Å². The molecule has 1 heterocycles. The van der Waals surface area contributed by atoms with Crippen LogP contribution in [-0.2, 0) is 10.3 Å². The van der Waals surface area contributed by atoms with Gasteiger partial charge < -0.3 is 9.16 Å². The zero-order chi connectivity index (χ0) is 21.8. The minimum Gasteiger partial charge on any atom is -0.542 e. The van der Waals surface area contributed by atoms with Crippen molar-refractivity contribution in [2.45, 2.75) is 63.5 Å². The van der Waals surface area contributed by atoms with Gasteiger partial charge in [0.15, 0.2) is 0 Å². The largest absolute Gasteiger partial charge is 0.542 e. The normalized spacial score (nSPS) is 22.0. The SMILES string of the molecule is CC(C)(C)[Si](C)(C)Oc1cc(Cl)cc2c1NC(=O)O[C@]2(C#CC1CC1)C(F)(F)F. The number of cyclic esters (lactones) is 1. The second-order valence-corrected chi connectivity index (χ2v) is 14.1. The van der Waals surface area contributed by atoms with E-state index in [0.717, 1.165) is 18.9 Å². The minimum absolute atomic E-state index is 0.0408. The van der Waals surface area contributed by atoms with Gasteiger partial charge >= 0.3 is 12.3 Å². The van der Waals surface area contributed by atoms with Crippen LogP contribution in [-0.4, -0.2) is 20.6 Å². The molecule has 0 unspecified atom stereocenters.